The molecule has 2 rings (SSSR count). The summed E-state index contributed by atoms with van der Waals surface area (Å²) < 4.78 is 4.94. The highest BCUT2D eigenvalue weighted by atomic mass is 16.5. The summed E-state index contributed by atoms with van der Waals surface area (Å²) >= 11 is 0. The summed E-state index contributed by atoms with van der Waals surface area (Å²) in [5.41, 5.74) is 0. The average molecular weight is 354 g/mol. The average Bonchev–Trinajstić information content (AvgIpc) is 2.61. The Labute approximate surface area is 149 Å². The highest BCUT2D eigenvalue weighted by Gasteiger charge is 2.37. The highest BCUT2D eigenvalue weighted by Crippen LogP contribution is 2.32. The lowest BCUT2D eigenvalue weighted by Crippen LogP contribution is -2.51. The number of piperidine rings is 1. The van der Waals surface area contributed by atoms with Crippen LogP contribution in [-0.2, 0) is 19.1 Å². The van der Waals surface area contributed by atoms with Gasteiger partial charge >= 0.3 is 5.97 Å². The van der Waals surface area contributed by atoms with Crippen molar-refractivity contribution >= 4 is 17.8 Å². The Hall–Kier alpha value is -1.63. The van der Waals surface area contributed by atoms with Gasteiger partial charge in [-0.3, -0.25) is 14.4 Å². The van der Waals surface area contributed by atoms with E-state index in [0.29, 0.717) is 45.4 Å². The number of nitrogens with one attached hydrogen (secondary N) is 1. The topological polar surface area (TPSA) is 95.9 Å². The van der Waals surface area contributed by atoms with Gasteiger partial charge in [0.2, 0.25) is 11.8 Å². The van der Waals surface area contributed by atoms with E-state index in [1.54, 1.807) is 7.11 Å². The van der Waals surface area contributed by atoms with Crippen molar-refractivity contribution in [2.45, 2.75) is 51.5 Å². The first-order chi connectivity index (χ1) is 11.9. The number of carboxylic acids is 1. The third kappa shape index (κ3) is 5.17. The molecule has 7 heteroatoms. The number of likely N-dealkylation sites (tertiary alicyclic amines) is 1. The van der Waals surface area contributed by atoms with Gasteiger partial charge in [0, 0.05) is 32.2 Å². The van der Waals surface area contributed by atoms with Crippen LogP contribution in [0.15, 0.2) is 0 Å². The second kappa shape index (κ2) is 9.17. The van der Waals surface area contributed by atoms with Crippen LogP contribution in [0.25, 0.3) is 0 Å². The molecule has 1 heterocycles. The maximum atomic E-state index is 12.9. The number of rotatable bonds is 6. The van der Waals surface area contributed by atoms with Crippen LogP contribution < -0.4 is 5.32 Å². The lowest BCUT2D eigenvalue weighted by Gasteiger charge is -2.40. The molecule has 0 aromatic rings. The van der Waals surface area contributed by atoms with Crippen LogP contribution in [0.2, 0.25) is 0 Å². The van der Waals surface area contributed by atoms with Gasteiger partial charge < -0.3 is 20.1 Å². The maximum absolute atomic E-state index is 12.9. The van der Waals surface area contributed by atoms with Gasteiger partial charge in [-0.15, -0.1) is 0 Å². The standard InChI is InChI=1S/C18H30N2O5/c1-12-3-4-15(16(21)19-9-10-25-2)11-20(12)17(22)13-5-7-14(8-6-13)18(23)24/h12-15H,3-11H2,1-2H3,(H,19,21)(H,23,24). The summed E-state index contributed by atoms with van der Waals surface area (Å²) in [7, 11) is 1.59. The molecule has 1 aliphatic carbocycles. The van der Waals surface area contributed by atoms with E-state index in [1.807, 2.05) is 11.8 Å². The lowest BCUT2D eigenvalue weighted by atomic mass is 9.80. The van der Waals surface area contributed by atoms with Crippen LogP contribution in [0.5, 0.6) is 0 Å². The molecular weight excluding hydrogens is 324 g/mol. The Morgan fingerprint density at radius 3 is 2.24 bits per heavy atom. The molecule has 2 N–H and O–H groups in total. The second-order valence-corrected chi connectivity index (χ2v) is 7.28. The van der Waals surface area contributed by atoms with Crippen molar-refractivity contribution in [1.82, 2.24) is 10.2 Å². The molecule has 7 nitrogen and oxygen atoms in total. The Kier molecular flexibility index (Phi) is 7.23. The van der Waals surface area contributed by atoms with Crippen LogP contribution in [0, 0.1) is 17.8 Å². The van der Waals surface area contributed by atoms with E-state index in [1.165, 1.54) is 0 Å². The maximum Gasteiger partial charge on any atom is 0.306 e. The third-order valence-corrected chi connectivity index (χ3v) is 5.57. The molecule has 2 atom stereocenters. The summed E-state index contributed by atoms with van der Waals surface area (Å²) in [6.45, 7) is 3.44. The summed E-state index contributed by atoms with van der Waals surface area (Å²) in [6, 6.07) is 0.132. The third-order valence-electron chi connectivity index (χ3n) is 5.57. The molecule has 2 aliphatic rings. The van der Waals surface area contributed by atoms with E-state index in [4.69, 9.17) is 9.84 Å². The Bertz CT molecular complexity index is 488. The first-order valence-electron chi connectivity index (χ1n) is 9.24. The molecule has 2 fully saturated rings. The molecule has 0 aromatic carbocycles. The number of carbonyl (C=O) groups is 3. The monoisotopic (exact) mass is 354 g/mol. The van der Waals surface area contributed by atoms with Crippen LogP contribution >= 0.6 is 0 Å². The fourth-order valence-electron chi connectivity index (χ4n) is 3.87. The van der Waals surface area contributed by atoms with E-state index in [2.05, 4.69) is 5.32 Å². The predicted octanol–water partition coefficient (Wildman–Crippen LogP) is 1.27. The number of methoxy groups -OCH3 is 1. The van der Waals surface area contributed by atoms with Gasteiger partial charge in [0.25, 0.3) is 0 Å². The fraction of sp³-hybridized carbons (Fsp3) is 0.833. The van der Waals surface area contributed by atoms with Crippen LogP contribution in [0.4, 0.5) is 0 Å². The van der Waals surface area contributed by atoms with Gasteiger partial charge in [0.1, 0.15) is 0 Å². The van der Waals surface area contributed by atoms with E-state index < -0.39 is 5.97 Å². The van der Waals surface area contributed by atoms with Crippen molar-refractivity contribution in [3.63, 3.8) is 0 Å². The zero-order valence-corrected chi connectivity index (χ0v) is 15.2. The molecule has 0 spiro atoms. The van der Waals surface area contributed by atoms with Gasteiger partial charge in [0.05, 0.1) is 18.4 Å². The molecule has 1 aliphatic heterocycles. The Morgan fingerprint density at radius 2 is 1.64 bits per heavy atom. The first-order valence-corrected chi connectivity index (χ1v) is 9.24. The Morgan fingerprint density at radius 1 is 1.04 bits per heavy atom. The number of hydrogen-bond acceptors (Lipinski definition) is 4. The normalized spacial score (nSPS) is 29.9. The molecule has 0 radical (unpaired) electrons. The fourth-order valence-corrected chi connectivity index (χ4v) is 3.87. The van der Waals surface area contributed by atoms with E-state index in [9.17, 15) is 14.4 Å². The van der Waals surface area contributed by atoms with Crippen molar-refractivity contribution in [3.8, 4) is 0 Å². The van der Waals surface area contributed by atoms with Gasteiger partial charge in [0.15, 0.2) is 0 Å². The highest BCUT2D eigenvalue weighted by molar-refractivity contribution is 5.83. The molecule has 25 heavy (non-hydrogen) atoms. The number of hydrogen-bond donors (Lipinski definition) is 2. The van der Waals surface area contributed by atoms with E-state index in [-0.39, 0.29) is 35.6 Å². The van der Waals surface area contributed by atoms with Crippen molar-refractivity contribution in [3.05, 3.63) is 0 Å². The van der Waals surface area contributed by atoms with Gasteiger partial charge in [-0.05, 0) is 45.4 Å². The van der Waals surface area contributed by atoms with Crippen molar-refractivity contribution in [2.75, 3.05) is 26.8 Å². The zero-order chi connectivity index (χ0) is 18.4. The summed E-state index contributed by atoms with van der Waals surface area (Å²) in [4.78, 5) is 38.1. The summed E-state index contributed by atoms with van der Waals surface area (Å²) in [5, 5.41) is 11.9. The van der Waals surface area contributed by atoms with Crippen LogP contribution in [0.3, 0.4) is 0 Å². The van der Waals surface area contributed by atoms with E-state index in [0.717, 1.165) is 12.8 Å². The molecule has 1 saturated carbocycles. The molecule has 0 bridgehead atoms. The number of ether oxygens (including phenoxy) is 1. The lowest BCUT2D eigenvalue weighted by molar-refractivity contribution is -0.148. The number of aliphatic carboxylic acids is 1. The quantitative estimate of drug-likeness (QED) is 0.700. The smallest absolute Gasteiger partial charge is 0.306 e. The molecule has 2 amide bonds. The van der Waals surface area contributed by atoms with E-state index >= 15 is 0 Å². The number of amides is 2. The van der Waals surface area contributed by atoms with Crippen LogP contribution in [0.1, 0.15) is 45.4 Å². The summed E-state index contributed by atoms with van der Waals surface area (Å²) in [6.07, 6.45) is 3.99. The SMILES string of the molecule is COCCNC(=O)C1CCC(C)N(C(=O)C2CCC(C(=O)O)CC2)C1. The number of carbonyl (C=O) groups excluding carboxylic acids is 2. The zero-order valence-electron chi connectivity index (χ0n) is 15.2. The van der Waals surface area contributed by atoms with Crippen molar-refractivity contribution in [1.29, 1.82) is 0 Å². The number of nitrogens with zero attached hydrogens (tertiary/aromatic N) is 1. The Balaban J connectivity index is 1.89. The van der Waals surface area contributed by atoms with Gasteiger partial charge in [-0.2, -0.15) is 0 Å². The minimum absolute atomic E-state index is 0.0173. The van der Waals surface area contributed by atoms with Crippen molar-refractivity contribution < 1.29 is 24.2 Å². The number of carboxylic acid groups (broad SMARTS) is 1. The molecule has 0 aromatic heterocycles. The minimum Gasteiger partial charge on any atom is -0.481 e. The second-order valence-electron chi connectivity index (χ2n) is 7.28. The molecule has 142 valence electrons. The molecule has 1 saturated heterocycles. The van der Waals surface area contributed by atoms with Crippen LogP contribution in [-0.4, -0.2) is 60.6 Å². The summed E-state index contributed by atoms with van der Waals surface area (Å²) in [5.74, 6) is -1.28. The predicted molar refractivity (Wildman–Crippen MR) is 91.9 cm³/mol. The largest absolute Gasteiger partial charge is 0.481 e. The van der Waals surface area contributed by atoms with Crippen molar-refractivity contribution in [2.24, 2.45) is 17.8 Å². The minimum atomic E-state index is -0.759. The first kappa shape index (κ1) is 19.7. The van der Waals surface area contributed by atoms with Gasteiger partial charge in [-0.1, -0.05) is 0 Å². The van der Waals surface area contributed by atoms with Gasteiger partial charge in [-0.25, -0.2) is 0 Å². The molecule has 2 unspecified atom stereocenters. The molecular formula is C18H30N2O5.